The van der Waals surface area contributed by atoms with E-state index in [-0.39, 0.29) is 0 Å². The van der Waals surface area contributed by atoms with Crippen LogP contribution in [-0.4, -0.2) is 7.11 Å². The molecule has 0 heterocycles. The number of benzene rings is 2. The largest absolute Gasteiger partial charge is 0.497 e. The summed E-state index contributed by atoms with van der Waals surface area (Å²) >= 11 is 0. The van der Waals surface area contributed by atoms with Crippen molar-refractivity contribution in [3.8, 4) is 5.75 Å². The summed E-state index contributed by atoms with van der Waals surface area (Å²) in [4.78, 5) is 0. The first-order valence-corrected chi connectivity index (χ1v) is 9.95. The second-order valence-corrected chi connectivity index (χ2v) is 8.24. The molecule has 0 unspecified atom stereocenters. The summed E-state index contributed by atoms with van der Waals surface area (Å²) in [6.07, 6.45) is 0. The second kappa shape index (κ2) is 10.4. The molecule has 0 atom stereocenters. The van der Waals surface area contributed by atoms with Crippen molar-refractivity contribution in [3.05, 3.63) is 64.7 Å². The molecule has 0 saturated carbocycles. The summed E-state index contributed by atoms with van der Waals surface area (Å²) in [5.74, 6) is 3.38. The monoisotopic (exact) mass is 354 g/mol. The maximum absolute atomic E-state index is 5.24. The van der Waals surface area contributed by atoms with Crippen LogP contribution in [-0.2, 0) is 0 Å². The van der Waals surface area contributed by atoms with Crippen LogP contribution in [0.5, 0.6) is 5.75 Å². The molecule has 0 N–H and O–H groups in total. The number of hydrogen-bond acceptors (Lipinski definition) is 1. The van der Waals surface area contributed by atoms with E-state index in [9.17, 15) is 0 Å². The van der Waals surface area contributed by atoms with Gasteiger partial charge < -0.3 is 4.74 Å². The predicted molar refractivity (Wildman–Crippen MR) is 116 cm³/mol. The highest BCUT2D eigenvalue weighted by Gasteiger charge is 2.10. The highest BCUT2D eigenvalue weighted by molar-refractivity contribution is 5.39. The first-order chi connectivity index (χ1) is 12.2. The lowest BCUT2D eigenvalue weighted by Gasteiger charge is -2.16. The van der Waals surface area contributed by atoms with Gasteiger partial charge >= 0.3 is 0 Å². The Morgan fingerprint density at radius 3 is 1.27 bits per heavy atom. The molecule has 0 aliphatic rings. The Labute approximate surface area is 161 Å². The molecule has 2 aromatic rings. The third-order valence-electron chi connectivity index (χ3n) is 4.78. The molecule has 0 amide bonds. The van der Waals surface area contributed by atoms with Crippen LogP contribution in [0.1, 0.15) is 101 Å². The van der Waals surface area contributed by atoms with Crippen molar-refractivity contribution in [1.29, 1.82) is 0 Å². The first-order valence-electron chi connectivity index (χ1n) is 9.95. The molecule has 0 saturated heterocycles. The van der Waals surface area contributed by atoms with Crippen LogP contribution in [0.25, 0.3) is 0 Å². The number of methoxy groups -OCH3 is 1. The Morgan fingerprint density at radius 1 is 0.538 bits per heavy atom. The van der Waals surface area contributed by atoms with Crippen LogP contribution >= 0.6 is 0 Å². The number of hydrogen-bond donors (Lipinski definition) is 0. The summed E-state index contributed by atoms with van der Waals surface area (Å²) in [5.41, 5.74) is 5.82. The van der Waals surface area contributed by atoms with Crippen molar-refractivity contribution in [2.45, 2.75) is 79.1 Å². The zero-order valence-corrected chi connectivity index (χ0v) is 18.3. The minimum absolute atomic E-state index is 0.558. The Hall–Kier alpha value is -1.76. The van der Waals surface area contributed by atoms with E-state index in [1.54, 1.807) is 7.11 Å². The molecule has 0 fully saturated rings. The smallest absolute Gasteiger partial charge is 0.119 e. The zero-order chi connectivity index (χ0) is 19.9. The van der Waals surface area contributed by atoms with Gasteiger partial charge in [-0.1, -0.05) is 85.7 Å². The van der Waals surface area contributed by atoms with Crippen LogP contribution in [0.2, 0.25) is 0 Å². The van der Waals surface area contributed by atoms with E-state index < -0.39 is 0 Å². The summed E-state index contributed by atoms with van der Waals surface area (Å²) < 4.78 is 5.24. The highest BCUT2D eigenvalue weighted by Crippen LogP contribution is 2.29. The van der Waals surface area contributed by atoms with Crippen LogP contribution in [0.4, 0.5) is 0 Å². The Morgan fingerprint density at radius 2 is 0.923 bits per heavy atom. The van der Waals surface area contributed by atoms with Gasteiger partial charge in [0.2, 0.25) is 0 Å². The molecule has 2 aromatic carbocycles. The third kappa shape index (κ3) is 6.20. The van der Waals surface area contributed by atoms with Crippen LogP contribution in [0.15, 0.2) is 42.5 Å². The van der Waals surface area contributed by atoms with Gasteiger partial charge in [0.05, 0.1) is 7.11 Å². The van der Waals surface area contributed by atoms with Gasteiger partial charge in [-0.25, -0.2) is 0 Å². The van der Waals surface area contributed by atoms with Crippen molar-refractivity contribution >= 4 is 0 Å². The molecule has 0 aromatic heterocycles. The fourth-order valence-electron chi connectivity index (χ4n) is 3.27. The third-order valence-corrected chi connectivity index (χ3v) is 4.78. The van der Waals surface area contributed by atoms with Gasteiger partial charge in [0.15, 0.2) is 0 Å². The van der Waals surface area contributed by atoms with Crippen molar-refractivity contribution in [3.63, 3.8) is 0 Å². The number of ether oxygens (including phenoxy) is 1. The molecule has 144 valence electrons. The maximum atomic E-state index is 5.24. The minimum atomic E-state index is 0.558. The van der Waals surface area contributed by atoms with E-state index in [0.717, 1.165) is 5.75 Å². The molecule has 0 aliphatic heterocycles. The van der Waals surface area contributed by atoms with Crippen LogP contribution in [0.3, 0.4) is 0 Å². The maximum Gasteiger partial charge on any atom is 0.119 e. The van der Waals surface area contributed by atoms with Gasteiger partial charge in [0.1, 0.15) is 5.75 Å². The van der Waals surface area contributed by atoms with Crippen molar-refractivity contribution < 1.29 is 4.74 Å². The lowest BCUT2D eigenvalue weighted by molar-refractivity contribution is 0.413. The predicted octanol–water partition coefficient (Wildman–Crippen LogP) is 7.88. The van der Waals surface area contributed by atoms with Crippen LogP contribution < -0.4 is 4.74 Å². The molecule has 26 heavy (non-hydrogen) atoms. The molecule has 2 rings (SSSR count). The van der Waals surface area contributed by atoms with E-state index in [0.29, 0.717) is 23.7 Å². The van der Waals surface area contributed by atoms with Gasteiger partial charge in [-0.3, -0.25) is 0 Å². The lowest BCUT2D eigenvalue weighted by atomic mass is 9.90. The van der Waals surface area contributed by atoms with E-state index in [1.165, 1.54) is 22.3 Å². The fourth-order valence-corrected chi connectivity index (χ4v) is 3.27. The lowest BCUT2D eigenvalue weighted by Crippen LogP contribution is -1.99. The first kappa shape index (κ1) is 22.3. The average molecular weight is 355 g/mol. The highest BCUT2D eigenvalue weighted by atomic mass is 16.5. The van der Waals surface area contributed by atoms with E-state index in [1.807, 2.05) is 6.07 Å². The topological polar surface area (TPSA) is 9.23 Å². The molecule has 1 heteroatoms. The minimum Gasteiger partial charge on any atom is -0.497 e. The average Bonchev–Trinajstić information content (AvgIpc) is 2.61. The Balaban J connectivity index is 0.000000263. The standard InChI is InChI=1S/C13H20O.C12H18/c1-9(2)12-7-6-11(14-5)8-13(12)10(3)4;1-9(2)11-7-5-6-8-12(11)10(3)4/h6-10H,1-5H3;5-10H,1-4H3. The fraction of sp³-hybridized carbons (Fsp3) is 0.520. The van der Waals surface area contributed by atoms with Crippen molar-refractivity contribution in [2.75, 3.05) is 7.11 Å². The Kier molecular flexibility index (Phi) is 8.92. The van der Waals surface area contributed by atoms with Crippen molar-refractivity contribution in [1.82, 2.24) is 0 Å². The van der Waals surface area contributed by atoms with E-state index >= 15 is 0 Å². The summed E-state index contributed by atoms with van der Waals surface area (Å²) in [6, 6.07) is 15.1. The molecule has 0 bridgehead atoms. The molecule has 1 nitrogen and oxygen atoms in total. The van der Waals surface area contributed by atoms with Gasteiger partial charge in [0.25, 0.3) is 0 Å². The SMILES string of the molecule is CC(C)c1ccccc1C(C)C.COc1ccc(C(C)C)c(C(C)C)c1. The molecule has 0 radical (unpaired) electrons. The summed E-state index contributed by atoms with van der Waals surface area (Å²) in [5, 5.41) is 0. The van der Waals surface area contributed by atoms with E-state index in [4.69, 9.17) is 4.74 Å². The van der Waals surface area contributed by atoms with Gasteiger partial charge in [-0.2, -0.15) is 0 Å². The summed E-state index contributed by atoms with van der Waals surface area (Å²) in [7, 11) is 1.72. The molecular weight excluding hydrogens is 316 g/mol. The molecule has 0 spiro atoms. The normalized spacial score (nSPS) is 11.1. The second-order valence-electron chi connectivity index (χ2n) is 8.24. The molecular formula is C25H38O. The van der Waals surface area contributed by atoms with Gasteiger partial charge in [-0.05, 0) is 58.1 Å². The van der Waals surface area contributed by atoms with Crippen LogP contribution in [0, 0.1) is 0 Å². The summed E-state index contributed by atoms with van der Waals surface area (Å²) in [6.45, 7) is 17.9. The van der Waals surface area contributed by atoms with Crippen molar-refractivity contribution in [2.24, 2.45) is 0 Å². The van der Waals surface area contributed by atoms with Gasteiger partial charge in [0, 0.05) is 0 Å². The zero-order valence-electron chi connectivity index (χ0n) is 18.3. The molecule has 0 aliphatic carbocycles. The number of rotatable bonds is 5. The van der Waals surface area contributed by atoms with Gasteiger partial charge in [-0.15, -0.1) is 0 Å². The Bertz CT molecular complexity index is 639. The van der Waals surface area contributed by atoms with E-state index in [2.05, 4.69) is 91.8 Å². The quantitative estimate of drug-likeness (QED) is 0.530.